The minimum absolute atomic E-state index is 0.237. The molecule has 1 N–H and O–H groups in total. The van der Waals surface area contributed by atoms with E-state index in [9.17, 15) is 4.79 Å². The molecular weight excluding hydrogens is 342 g/mol. The summed E-state index contributed by atoms with van der Waals surface area (Å²) in [6, 6.07) is 17.9. The van der Waals surface area contributed by atoms with E-state index in [1.807, 2.05) is 12.1 Å². The van der Waals surface area contributed by atoms with Gasteiger partial charge in [-0.25, -0.2) is 14.8 Å². The first-order valence-corrected chi connectivity index (χ1v) is 8.20. The number of carbonyl (C=O) groups is 1. The molecule has 0 aliphatic heterocycles. The Kier molecular flexibility index (Phi) is 5.60. The molecule has 0 bridgehead atoms. The van der Waals surface area contributed by atoms with Crippen LogP contribution in [-0.4, -0.2) is 27.9 Å². The Labute approximate surface area is 156 Å². The van der Waals surface area contributed by atoms with Crippen molar-refractivity contribution >= 4 is 11.7 Å². The molecule has 27 heavy (non-hydrogen) atoms. The average molecular weight is 359 g/mol. The predicted octanol–water partition coefficient (Wildman–Crippen LogP) is 3.80. The van der Waals surface area contributed by atoms with Gasteiger partial charge in [-0.1, -0.05) is 12.1 Å². The van der Waals surface area contributed by atoms with Crippen LogP contribution in [0.1, 0.15) is 11.1 Å². The van der Waals surface area contributed by atoms with Crippen LogP contribution in [0.15, 0.2) is 67.0 Å². The van der Waals surface area contributed by atoms with Crippen LogP contribution in [0.2, 0.25) is 0 Å². The van der Waals surface area contributed by atoms with Gasteiger partial charge >= 0.3 is 12.0 Å². The number of rotatable bonds is 5. The number of hydrogen-bond acceptors (Lipinski definition) is 5. The van der Waals surface area contributed by atoms with E-state index in [0.29, 0.717) is 23.5 Å². The van der Waals surface area contributed by atoms with Crippen molar-refractivity contribution in [2.45, 2.75) is 6.54 Å². The third kappa shape index (κ3) is 5.03. The number of nitrogens with zero attached hydrogens (tertiary/aromatic N) is 4. The number of benzene rings is 2. The van der Waals surface area contributed by atoms with Crippen LogP contribution in [0.3, 0.4) is 0 Å². The van der Waals surface area contributed by atoms with E-state index in [1.54, 1.807) is 66.8 Å². The van der Waals surface area contributed by atoms with Crippen LogP contribution in [-0.2, 0) is 6.54 Å². The molecule has 0 radical (unpaired) electrons. The first-order chi connectivity index (χ1) is 13.1. The van der Waals surface area contributed by atoms with Crippen molar-refractivity contribution < 1.29 is 9.53 Å². The Morgan fingerprint density at radius 1 is 1.11 bits per heavy atom. The van der Waals surface area contributed by atoms with Crippen molar-refractivity contribution in [1.82, 2.24) is 14.9 Å². The van der Waals surface area contributed by atoms with E-state index in [4.69, 9.17) is 10.00 Å². The molecule has 2 aromatic carbocycles. The van der Waals surface area contributed by atoms with Gasteiger partial charge in [0, 0.05) is 31.7 Å². The third-order valence-electron chi connectivity index (χ3n) is 3.71. The maximum Gasteiger partial charge on any atom is 0.321 e. The zero-order chi connectivity index (χ0) is 19.1. The fourth-order valence-electron chi connectivity index (χ4n) is 2.30. The number of hydrogen-bond donors (Lipinski definition) is 1. The number of aromatic nitrogens is 2. The average Bonchev–Trinajstić information content (AvgIpc) is 2.71. The van der Waals surface area contributed by atoms with Gasteiger partial charge in [0.2, 0.25) is 0 Å². The molecule has 3 aromatic rings. The van der Waals surface area contributed by atoms with Crippen molar-refractivity contribution in [2.24, 2.45) is 0 Å². The summed E-state index contributed by atoms with van der Waals surface area (Å²) >= 11 is 0. The largest absolute Gasteiger partial charge is 0.424 e. The molecule has 0 saturated carbocycles. The Hall–Kier alpha value is -3.92. The topological polar surface area (TPSA) is 91.1 Å². The summed E-state index contributed by atoms with van der Waals surface area (Å²) in [7, 11) is 1.71. The lowest BCUT2D eigenvalue weighted by Gasteiger charge is -2.18. The van der Waals surface area contributed by atoms with Crippen LogP contribution in [0, 0.1) is 11.3 Å². The molecule has 134 valence electrons. The van der Waals surface area contributed by atoms with Gasteiger partial charge in [-0.15, -0.1) is 0 Å². The van der Waals surface area contributed by atoms with Crippen molar-refractivity contribution in [2.75, 3.05) is 12.4 Å². The van der Waals surface area contributed by atoms with Crippen molar-refractivity contribution in [3.8, 4) is 17.8 Å². The molecule has 0 saturated heterocycles. The summed E-state index contributed by atoms with van der Waals surface area (Å²) in [6.45, 7) is 0.435. The molecule has 1 heterocycles. The number of amides is 2. The second-order valence-electron chi connectivity index (χ2n) is 5.75. The normalized spacial score (nSPS) is 9.93. The number of anilines is 1. The highest BCUT2D eigenvalue weighted by Gasteiger charge is 2.10. The van der Waals surface area contributed by atoms with E-state index >= 15 is 0 Å². The Morgan fingerprint density at radius 2 is 1.78 bits per heavy atom. The molecular formula is C20H17N5O2. The first kappa shape index (κ1) is 17.9. The first-order valence-electron chi connectivity index (χ1n) is 8.20. The highest BCUT2D eigenvalue weighted by atomic mass is 16.5. The molecule has 3 rings (SSSR count). The predicted molar refractivity (Wildman–Crippen MR) is 100 cm³/mol. The molecule has 0 fully saturated rings. The second kappa shape index (κ2) is 8.45. The monoisotopic (exact) mass is 359 g/mol. The Morgan fingerprint density at radius 3 is 2.41 bits per heavy atom. The molecule has 7 nitrogen and oxygen atoms in total. The molecule has 2 amide bonds. The van der Waals surface area contributed by atoms with Crippen LogP contribution >= 0.6 is 0 Å². The van der Waals surface area contributed by atoms with Crippen LogP contribution < -0.4 is 10.1 Å². The lowest BCUT2D eigenvalue weighted by Crippen LogP contribution is -2.30. The van der Waals surface area contributed by atoms with Gasteiger partial charge in [-0.05, 0) is 48.0 Å². The van der Waals surface area contributed by atoms with Gasteiger partial charge in [0.05, 0.1) is 11.6 Å². The lowest BCUT2D eigenvalue weighted by atomic mass is 10.1. The summed E-state index contributed by atoms with van der Waals surface area (Å²) in [5.74, 6) is 0.574. The highest BCUT2D eigenvalue weighted by molar-refractivity contribution is 5.89. The van der Waals surface area contributed by atoms with Crippen LogP contribution in [0.25, 0.3) is 0 Å². The quantitative estimate of drug-likeness (QED) is 0.748. The van der Waals surface area contributed by atoms with E-state index < -0.39 is 0 Å². The highest BCUT2D eigenvalue weighted by Crippen LogP contribution is 2.20. The minimum atomic E-state index is -0.237. The summed E-state index contributed by atoms with van der Waals surface area (Å²) in [5.41, 5.74) is 2.18. The SMILES string of the molecule is CN(Cc1ccc(C#N)cc1)C(=O)Nc1ccc(Oc2ncccn2)cc1. The minimum Gasteiger partial charge on any atom is -0.424 e. The van der Waals surface area contributed by atoms with E-state index in [0.717, 1.165) is 5.56 Å². The molecule has 7 heteroatoms. The fraction of sp³-hybridized carbons (Fsp3) is 0.100. The number of carbonyl (C=O) groups excluding carboxylic acids is 1. The standard InChI is InChI=1S/C20H17N5O2/c1-25(14-16-5-3-15(13-21)4-6-16)20(26)24-17-7-9-18(10-8-17)27-19-22-11-2-12-23-19/h2-12H,14H2,1H3,(H,24,26). The Balaban J connectivity index is 1.55. The maximum atomic E-state index is 12.3. The number of nitrogens with one attached hydrogen (secondary N) is 1. The zero-order valence-electron chi connectivity index (χ0n) is 14.7. The smallest absolute Gasteiger partial charge is 0.321 e. The number of nitriles is 1. The summed E-state index contributed by atoms with van der Waals surface area (Å²) in [5, 5.41) is 11.6. The summed E-state index contributed by atoms with van der Waals surface area (Å²) in [4.78, 5) is 21.9. The Bertz CT molecular complexity index is 935. The molecule has 0 spiro atoms. The van der Waals surface area contributed by atoms with Crippen molar-refractivity contribution in [3.63, 3.8) is 0 Å². The zero-order valence-corrected chi connectivity index (χ0v) is 14.7. The van der Waals surface area contributed by atoms with Crippen molar-refractivity contribution in [1.29, 1.82) is 5.26 Å². The van der Waals surface area contributed by atoms with Gasteiger partial charge in [0.25, 0.3) is 0 Å². The van der Waals surface area contributed by atoms with E-state index in [1.165, 1.54) is 0 Å². The van der Waals surface area contributed by atoms with Gasteiger partial charge in [0.15, 0.2) is 0 Å². The van der Waals surface area contributed by atoms with Crippen LogP contribution in [0.5, 0.6) is 11.8 Å². The maximum absolute atomic E-state index is 12.3. The van der Waals surface area contributed by atoms with Gasteiger partial charge in [-0.3, -0.25) is 0 Å². The number of ether oxygens (including phenoxy) is 1. The molecule has 0 aliphatic carbocycles. The molecule has 0 unspecified atom stereocenters. The van der Waals surface area contributed by atoms with Crippen LogP contribution in [0.4, 0.5) is 10.5 Å². The number of urea groups is 1. The van der Waals surface area contributed by atoms with E-state index in [-0.39, 0.29) is 12.0 Å². The third-order valence-corrected chi connectivity index (χ3v) is 3.71. The molecule has 0 atom stereocenters. The van der Waals surface area contributed by atoms with Gasteiger partial charge in [-0.2, -0.15) is 5.26 Å². The van der Waals surface area contributed by atoms with Crippen molar-refractivity contribution in [3.05, 3.63) is 78.1 Å². The molecule has 0 aliphatic rings. The molecule has 1 aromatic heterocycles. The van der Waals surface area contributed by atoms with Gasteiger partial charge < -0.3 is 15.0 Å². The van der Waals surface area contributed by atoms with E-state index in [2.05, 4.69) is 21.4 Å². The fourth-order valence-corrected chi connectivity index (χ4v) is 2.30. The second-order valence-corrected chi connectivity index (χ2v) is 5.75. The lowest BCUT2D eigenvalue weighted by molar-refractivity contribution is 0.220. The summed E-state index contributed by atoms with van der Waals surface area (Å²) < 4.78 is 5.52. The summed E-state index contributed by atoms with van der Waals surface area (Å²) in [6.07, 6.45) is 3.20. The van der Waals surface area contributed by atoms with Gasteiger partial charge in [0.1, 0.15) is 5.75 Å².